The van der Waals surface area contributed by atoms with Gasteiger partial charge < -0.3 is 9.64 Å². The standard InChI is InChI=1S/C18H24F3N3O2/c1-3-15-10-5-6-11-24(15)16(17(25)26-4-2)23-22-14-9-7-8-13(12-14)18(19,20)21/h7-9,12,15,22H,3-6,10-11H2,1-2H3/b23-16-/t15-/m0/s1. The van der Waals surface area contributed by atoms with Crippen LogP contribution in [-0.2, 0) is 15.7 Å². The van der Waals surface area contributed by atoms with E-state index in [1.807, 2.05) is 11.8 Å². The van der Waals surface area contributed by atoms with Crippen molar-refractivity contribution in [2.45, 2.75) is 51.7 Å². The molecule has 0 amide bonds. The average molecular weight is 371 g/mol. The lowest BCUT2D eigenvalue weighted by atomic mass is 10.00. The topological polar surface area (TPSA) is 53.9 Å². The number of benzene rings is 1. The molecule has 0 spiro atoms. The zero-order chi connectivity index (χ0) is 19.2. The maximum atomic E-state index is 12.8. The van der Waals surface area contributed by atoms with Crippen LogP contribution in [0, 0.1) is 0 Å². The molecule has 1 saturated heterocycles. The Morgan fingerprint density at radius 2 is 2.12 bits per heavy atom. The number of nitrogens with zero attached hydrogens (tertiary/aromatic N) is 2. The third-order valence-electron chi connectivity index (χ3n) is 4.31. The first-order valence-corrected chi connectivity index (χ1v) is 8.81. The van der Waals surface area contributed by atoms with Crippen LogP contribution in [0.25, 0.3) is 0 Å². The van der Waals surface area contributed by atoms with Crippen molar-refractivity contribution in [3.05, 3.63) is 29.8 Å². The highest BCUT2D eigenvalue weighted by atomic mass is 19.4. The number of alkyl halides is 3. The molecule has 1 aromatic rings. The van der Waals surface area contributed by atoms with Gasteiger partial charge in [0.25, 0.3) is 0 Å². The highest BCUT2D eigenvalue weighted by molar-refractivity contribution is 6.35. The molecule has 1 heterocycles. The van der Waals surface area contributed by atoms with Gasteiger partial charge in [-0.05, 0) is 50.8 Å². The number of carbonyl (C=O) groups excluding carboxylic acids is 1. The number of hydrogen-bond acceptors (Lipinski definition) is 4. The van der Waals surface area contributed by atoms with Crippen LogP contribution in [0.15, 0.2) is 29.4 Å². The fraction of sp³-hybridized carbons (Fsp3) is 0.556. The smallest absolute Gasteiger partial charge is 0.416 e. The average Bonchev–Trinajstić information content (AvgIpc) is 2.62. The Balaban J connectivity index is 2.26. The van der Waals surface area contributed by atoms with Gasteiger partial charge in [-0.15, -0.1) is 5.10 Å². The van der Waals surface area contributed by atoms with Crippen LogP contribution in [0.2, 0.25) is 0 Å². The molecule has 1 aliphatic rings. The number of nitrogens with one attached hydrogen (secondary N) is 1. The molecule has 1 atom stereocenters. The number of halogens is 3. The second-order valence-electron chi connectivity index (χ2n) is 6.10. The molecule has 5 nitrogen and oxygen atoms in total. The van der Waals surface area contributed by atoms with Crippen molar-refractivity contribution in [3.8, 4) is 0 Å². The first-order chi connectivity index (χ1) is 12.4. The van der Waals surface area contributed by atoms with Crippen molar-refractivity contribution >= 4 is 17.5 Å². The summed E-state index contributed by atoms with van der Waals surface area (Å²) in [6, 6.07) is 4.86. The quantitative estimate of drug-likeness (QED) is 0.372. The van der Waals surface area contributed by atoms with E-state index in [2.05, 4.69) is 10.5 Å². The van der Waals surface area contributed by atoms with Crippen molar-refractivity contribution in [1.82, 2.24) is 4.90 Å². The van der Waals surface area contributed by atoms with E-state index in [4.69, 9.17) is 4.74 Å². The summed E-state index contributed by atoms with van der Waals surface area (Å²) in [6.07, 6.45) is -0.642. The number of likely N-dealkylation sites (tertiary alicyclic amines) is 1. The van der Waals surface area contributed by atoms with Gasteiger partial charge in [0.2, 0.25) is 5.84 Å². The van der Waals surface area contributed by atoms with E-state index in [-0.39, 0.29) is 24.2 Å². The summed E-state index contributed by atoms with van der Waals surface area (Å²) in [5.74, 6) is -0.469. The lowest BCUT2D eigenvalue weighted by Gasteiger charge is -2.36. The molecule has 0 aliphatic carbocycles. The Labute approximate surface area is 151 Å². The zero-order valence-corrected chi connectivity index (χ0v) is 15.0. The Hall–Kier alpha value is -2.25. The van der Waals surface area contributed by atoms with E-state index in [0.29, 0.717) is 6.54 Å². The van der Waals surface area contributed by atoms with Crippen molar-refractivity contribution in [2.24, 2.45) is 5.10 Å². The lowest BCUT2D eigenvalue weighted by molar-refractivity contribution is -0.138. The monoisotopic (exact) mass is 371 g/mol. The van der Waals surface area contributed by atoms with Gasteiger partial charge in [0.1, 0.15) is 0 Å². The third-order valence-corrected chi connectivity index (χ3v) is 4.31. The predicted molar refractivity (Wildman–Crippen MR) is 93.8 cm³/mol. The van der Waals surface area contributed by atoms with Gasteiger partial charge in [0, 0.05) is 12.6 Å². The van der Waals surface area contributed by atoms with Gasteiger partial charge in [0.15, 0.2) is 0 Å². The van der Waals surface area contributed by atoms with Crippen LogP contribution in [0.4, 0.5) is 18.9 Å². The van der Waals surface area contributed by atoms with Crippen molar-refractivity contribution < 1.29 is 22.7 Å². The third kappa shape index (κ3) is 5.12. The van der Waals surface area contributed by atoms with Crippen molar-refractivity contribution in [1.29, 1.82) is 0 Å². The van der Waals surface area contributed by atoms with Gasteiger partial charge in [-0.25, -0.2) is 4.79 Å². The van der Waals surface area contributed by atoms with E-state index < -0.39 is 17.7 Å². The minimum absolute atomic E-state index is 0.107. The number of esters is 1. The van der Waals surface area contributed by atoms with Gasteiger partial charge in [-0.2, -0.15) is 13.2 Å². The minimum atomic E-state index is -4.44. The minimum Gasteiger partial charge on any atom is -0.460 e. The summed E-state index contributed by atoms with van der Waals surface area (Å²) in [5.41, 5.74) is 1.96. The normalized spacial score (nSPS) is 18.6. The number of rotatable bonds is 4. The van der Waals surface area contributed by atoms with E-state index in [9.17, 15) is 18.0 Å². The summed E-state index contributed by atoms with van der Waals surface area (Å²) < 4.78 is 43.6. The number of piperidine rings is 1. The number of amidine groups is 1. The molecule has 0 bridgehead atoms. The molecule has 1 aromatic carbocycles. The molecule has 1 aliphatic heterocycles. The molecular formula is C18H24F3N3O2. The number of hydrazone groups is 1. The Kier molecular flexibility index (Phi) is 6.88. The van der Waals surface area contributed by atoms with E-state index in [1.54, 1.807) is 6.92 Å². The fourth-order valence-electron chi connectivity index (χ4n) is 3.01. The maximum absolute atomic E-state index is 12.8. The molecule has 0 radical (unpaired) electrons. The number of anilines is 1. The molecule has 1 fully saturated rings. The lowest BCUT2D eigenvalue weighted by Crippen LogP contribution is -2.47. The SMILES string of the molecule is CCOC(=O)/C(=N/Nc1cccc(C(F)(F)F)c1)N1CCCC[C@@H]1CC. The molecule has 1 N–H and O–H groups in total. The fourth-order valence-corrected chi connectivity index (χ4v) is 3.01. The largest absolute Gasteiger partial charge is 0.460 e. The van der Waals surface area contributed by atoms with Crippen LogP contribution in [-0.4, -0.2) is 35.9 Å². The molecule has 0 saturated carbocycles. The summed E-state index contributed by atoms with van der Waals surface area (Å²) >= 11 is 0. The summed E-state index contributed by atoms with van der Waals surface area (Å²) in [5, 5.41) is 4.11. The first kappa shape index (κ1) is 20.1. The summed E-state index contributed by atoms with van der Waals surface area (Å²) in [4.78, 5) is 14.2. The number of hydrogen-bond donors (Lipinski definition) is 1. The molecule has 8 heteroatoms. The number of ether oxygens (including phenoxy) is 1. The Morgan fingerprint density at radius 1 is 1.35 bits per heavy atom. The molecule has 0 aromatic heterocycles. The molecule has 26 heavy (non-hydrogen) atoms. The van der Waals surface area contributed by atoms with Crippen molar-refractivity contribution in [2.75, 3.05) is 18.6 Å². The van der Waals surface area contributed by atoms with Gasteiger partial charge >= 0.3 is 12.1 Å². The molecule has 0 unspecified atom stereocenters. The number of carbonyl (C=O) groups is 1. The molecule has 144 valence electrons. The zero-order valence-electron chi connectivity index (χ0n) is 15.0. The summed E-state index contributed by atoms with van der Waals surface area (Å²) in [7, 11) is 0. The van der Waals surface area contributed by atoms with E-state index in [0.717, 1.165) is 37.8 Å². The van der Waals surface area contributed by atoms with Crippen LogP contribution in [0.3, 0.4) is 0 Å². The summed E-state index contributed by atoms with van der Waals surface area (Å²) in [6.45, 7) is 4.60. The van der Waals surface area contributed by atoms with Crippen LogP contribution >= 0.6 is 0 Å². The maximum Gasteiger partial charge on any atom is 0.416 e. The second kappa shape index (κ2) is 8.91. The van der Waals surface area contributed by atoms with E-state index in [1.165, 1.54) is 12.1 Å². The highest BCUT2D eigenvalue weighted by Crippen LogP contribution is 2.30. The Bertz CT molecular complexity index is 647. The first-order valence-electron chi connectivity index (χ1n) is 8.81. The van der Waals surface area contributed by atoms with Gasteiger partial charge in [-0.3, -0.25) is 5.43 Å². The van der Waals surface area contributed by atoms with Gasteiger partial charge in [0.05, 0.1) is 17.9 Å². The molecule has 2 rings (SSSR count). The predicted octanol–water partition coefficient (Wildman–Crippen LogP) is 4.26. The van der Waals surface area contributed by atoms with Crippen LogP contribution in [0.1, 0.15) is 45.1 Å². The highest BCUT2D eigenvalue weighted by Gasteiger charge is 2.31. The second-order valence-corrected chi connectivity index (χ2v) is 6.10. The van der Waals surface area contributed by atoms with Crippen LogP contribution < -0.4 is 5.43 Å². The van der Waals surface area contributed by atoms with Crippen LogP contribution in [0.5, 0.6) is 0 Å². The molecular weight excluding hydrogens is 347 g/mol. The van der Waals surface area contributed by atoms with Gasteiger partial charge in [-0.1, -0.05) is 13.0 Å². The van der Waals surface area contributed by atoms with E-state index >= 15 is 0 Å². The van der Waals surface area contributed by atoms with Crippen molar-refractivity contribution in [3.63, 3.8) is 0 Å². The Morgan fingerprint density at radius 3 is 2.77 bits per heavy atom.